The molecule has 1 amide bonds. The van der Waals surface area contributed by atoms with Crippen LogP contribution in [0, 0.1) is 0 Å². The van der Waals surface area contributed by atoms with Gasteiger partial charge in [-0.1, -0.05) is 0 Å². The molecule has 1 heterocycles. The third kappa shape index (κ3) is 3.37. The van der Waals surface area contributed by atoms with E-state index < -0.39 is 5.60 Å². The SMILES string of the molecule is CCN(C(=O)OC(C)(C)C)C1CCOC1C. The van der Waals surface area contributed by atoms with Gasteiger partial charge in [0.2, 0.25) is 0 Å². The molecule has 0 radical (unpaired) electrons. The summed E-state index contributed by atoms with van der Waals surface area (Å²) in [5.41, 5.74) is -0.437. The lowest BCUT2D eigenvalue weighted by molar-refractivity contribution is 0.00732. The van der Waals surface area contributed by atoms with Gasteiger partial charge in [0.25, 0.3) is 0 Å². The Morgan fingerprint density at radius 1 is 1.50 bits per heavy atom. The van der Waals surface area contributed by atoms with Gasteiger partial charge >= 0.3 is 6.09 Å². The molecular formula is C12H23NO3. The molecule has 2 atom stereocenters. The first-order valence-corrected chi connectivity index (χ1v) is 5.96. The fourth-order valence-electron chi connectivity index (χ4n) is 1.95. The highest BCUT2D eigenvalue weighted by molar-refractivity contribution is 5.68. The van der Waals surface area contributed by atoms with Gasteiger partial charge in [-0.05, 0) is 41.0 Å². The van der Waals surface area contributed by atoms with Crippen molar-refractivity contribution in [2.75, 3.05) is 13.2 Å². The topological polar surface area (TPSA) is 38.8 Å². The third-order valence-corrected chi connectivity index (χ3v) is 2.71. The lowest BCUT2D eigenvalue weighted by Crippen LogP contribution is -2.46. The summed E-state index contributed by atoms with van der Waals surface area (Å²) in [5, 5.41) is 0. The van der Waals surface area contributed by atoms with Crippen molar-refractivity contribution < 1.29 is 14.3 Å². The fraction of sp³-hybridized carbons (Fsp3) is 0.917. The quantitative estimate of drug-likeness (QED) is 0.730. The summed E-state index contributed by atoms with van der Waals surface area (Å²) in [6, 6.07) is 0.153. The molecule has 0 spiro atoms. The summed E-state index contributed by atoms with van der Waals surface area (Å²) in [5.74, 6) is 0. The maximum Gasteiger partial charge on any atom is 0.410 e. The highest BCUT2D eigenvalue weighted by Crippen LogP contribution is 2.21. The van der Waals surface area contributed by atoms with E-state index in [2.05, 4.69) is 0 Å². The largest absolute Gasteiger partial charge is 0.444 e. The standard InChI is InChI=1S/C12H23NO3/c1-6-13(10-7-8-15-9(10)2)11(14)16-12(3,4)5/h9-10H,6-8H2,1-5H3. The summed E-state index contributed by atoms with van der Waals surface area (Å²) in [6.07, 6.45) is 0.763. The van der Waals surface area contributed by atoms with Gasteiger partial charge in [0, 0.05) is 13.2 Å². The van der Waals surface area contributed by atoms with Crippen molar-refractivity contribution in [3.8, 4) is 0 Å². The Labute approximate surface area is 97.9 Å². The van der Waals surface area contributed by atoms with E-state index in [9.17, 15) is 4.79 Å². The van der Waals surface area contributed by atoms with Crippen molar-refractivity contribution in [1.82, 2.24) is 4.90 Å². The molecular weight excluding hydrogens is 206 g/mol. The fourth-order valence-corrected chi connectivity index (χ4v) is 1.95. The molecule has 0 aromatic heterocycles. The van der Waals surface area contributed by atoms with E-state index >= 15 is 0 Å². The van der Waals surface area contributed by atoms with Gasteiger partial charge in [-0.25, -0.2) is 4.79 Å². The van der Waals surface area contributed by atoms with Crippen LogP contribution in [0.4, 0.5) is 4.79 Å². The molecule has 0 aliphatic carbocycles. The zero-order valence-electron chi connectivity index (χ0n) is 10.9. The van der Waals surface area contributed by atoms with Crippen LogP contribution in [0.15, 0.2) is 0 Å². The van der Waals surface area contributed by atoms with Gasteiger partial charge < -0.3 is 14.4 Å². The van der Waals surface area contributed by atoms with E-state index in [4.69, 9.17) is 9.47 Å². The second-order valence-corrected chi connectivity index (χ2v) is 5.20. The molecule has 94 valence electrons. The van der Waals surface area contributed by atoms with Crippen LogP contribution in [0.3, 0.4) is 0 Å². The summed E-state index contributed by atoms with van der Waals surface area (Å²) in [4.78, 5) is 13.7. The smallest absolute Gasteiger partial charge is 0.410 e. The second kappa shape index (κ2) is 5.04. The van der Waals surface area contributed by atoms with Gasteiger partial charge in [-0.2, -0.15) is 0 Å². The van der Waals surface area contributed by atoms with Crippen LogP contribution in [0.1, 0.15) is 41.0 Å². The van der Waals surface area contributed by atoms with Crippen molar-refractivity contribution in [2.24, 2.45) is 0 Å². The van der Waals surface area contributed by atoms with E-state index in [1.54, 1.807) is 4.90 Å². The Morgan fingerprint density at radius 2 is 2.12 bits per heavy atom. The minimum atomic E-state index is -0.437. The maximum atomic E-state index is 12.0. The molecule has 1 rings (SSSR count). The Bertz CT molecular complexity index is 247. The molecule has 0 bridgehead atoms. The van der Waals surface area contributed by atoms with Crippen LogP contribution in [0.2, 0.25) is 0 Å². The van der Waals surface area contributed by atoms with Gasteiger partial charge in [-0.3, -0.25) is 0 Å². The summed E-state index contributed by atoms with van der Waals surface area (Å²) in [7, 11) is 0. The van der Waals surface area contributed by atoms with Crippen molar-refractivity contribution in [2.45, 2.75) is 58.8 Å². The molecule has 4 nitrogen and oxygen atoms in total. The minimum Gasteiger partial charge on any atom is -0.444 e. The van der Waals surface area contributed by atoms with Crippen LogP contribution in [-0.4, -0.2) is 41.9 Å². The number of hydrogen-bond donors (Lipinski definition) is 0. The number of carbonyl (C=O) groups excluding carboxylic acids is 1. The van der Waals surface area contributed by atoms with Crippen molar-refractivity contribution in [1.29, 1.82) is 0 Å². The van der Waals surface area contributed by atoms with Crippen molar-refractivity contribution in [3.63, 3.8) is 0 Å². The molecule has 4 heteroatoms. The summed E-state index contributed by atoms with van der Waals surface area (Å²) < 4.78 is 10.9. The number of nitrogens with zero attached hydrogens (tertiary/aromatic N) is 1. The third-order valence-electron chi connectivity index (χ3n) is 2.71. The van der Waals surface area contributed by atoms with E-state index in [-0.39, 0.29) is 18.2 Å². The number of amides is 1. The van der Waals surface area contributed by atoms with E-state index in [0.717, 1.165) is 13.0 Å². The Kier molecular flexibility index (Phi) is 4.19. The highest BCUT2D eigenvalue weighted by atomic mass is 16.6. The molecule has 1 aliphatic heterocycles. The Hall–Kier alpha value is -0.770. The number of likely N-dealkylation sites (N-methyl/N-ethyl adjacent to an activating group) is 1. The van der Waals surface area contributed by atoms with Crippen LogP contribution in [0.25, 0.3) is 0 Å². The number of rotatable bonds is 2. The van der Waals surface area contributed by atoms with Crippen LogP contribution in [-0.2, 0) is 9.47 Å². The normalized spacial score (nSPS) is 25.6. The number of carbonyl (C=O) groups is 1. The maximum absolute atomic E-state index is 12.0. The first-order valence-electron chi connectivity index (χ1n) is 5.96. The summed E-state index contributed by atoms with van der Waals surface area (Å²) in [6.45, 7) is 11.0. The van der Waals surface area contributed by atoms with E-state index in [1.165, 1.54) is 0 Å². The van der Waals surface area contributed by atoms with E-state index in [0.29, 0.717) is 6.54 Å². The number of ether oxygens (including phenoxy) is 2. The summed E-state index contributed by atoms with van der Waals surface area (Å²) >= 11 is 0. The monoisotopic (exact) mass is 229 g/mol. The predicted octanol–water partition coefficient (Wildman–Crippen LogP) is 2.42. The highest BCUT2D eigenvalue weighted by Gasteiger charge is 2.34. The molecule has 0 aromatic rings. The van der Waals surface area contributed by atoms with Crippen molar-refractivity contribution >= 4 is 6.09 Å². The zero-order valence-corrected chi connectivity index (χ0v) is 10.9. The predicted molar refractivity (Wildman–Crippen MR) is 62.4 cm³/mol. The molecule has 16 heavy (non-hydrogen) atoms. The molecule has 0 saturated carbocycles. The second-order valence-electron chi connectivity index (χ2n) is 5.20. The van der Waals surface area contributed by atoms with Crippen LogP contribution >= 0.6 is 0 Å². The van der Waals surface area contributed by atoms with Crippen molar-refractivity contribution in [3.05, 3.63) is 0 Å². The Morgan fingerprint density at radius 3 is 2.50 bits per heavy atom. The first-order chi connectivity index (χ1) is 7.35. The van der Waals surface area contributed by atoms with Gasteiger partial charge in [0.1, 0.15) is 5.60 Å². The molecule has 0 aromatic carbocycles. The zero-order chi connectivity index (χ0) is 12.3. The lowest BCUT2D eigenvalue weighted by Gasteiger charge is -2.32. The first kappa shape index (κ1) is 13.3. The molecule has 1 fully saturated rings. The average Bonchev–Trinajstić information content (AvgIpc) is 2.50. The lowest BCUT2D eigenvalue weighted by atomic mass is 10.1. The molecule has 0 N–H and O–H groups in total. The molecule has 2 unspecified atom stereocenters. The van der Waals surface area contributed by atoms with Gasteiger partial charge in [0.05, 0.1) is 12.1 Å². The number of hydrogen-bond acceptors (Lipinski definition) is 3. The minimum absolute atomic E-state index is 0.104. The van der Waals surface area contributed by atoms with Gasteiger partial charge in [-0.15, -0.1) is 0 Å². The molecule has 1 saturated heterocycles. The van der Waals surface area contributed by atoms with E-state index in [1.807, 2.05) is 34.6 Å². The van der Waals surface area contributed by atoms with Crippen LogP contribution < -0.4 is 0 Å². The van der Waals surface area contributed by atoms with Crippen LogP contribution in [0.5, 0.6) is 0 Å². The molecule has 1 aliphatic rings. The Balaban J connectivity index is 2.63. The van der Waals surface area contributed by atoms with Gasteiger partial charge in [0.15, 0.2) is 0 Å². The average molecular weight is 229 g/mol.